The maximum absolute atomic E-state index is 13.5. The molecule has 2 heterocycles. The largest absolute Gasteiger partial charge is 0.418 e. The van der Waals surface area contributed by atoms with E-state index in [0.29, 0.717) is 5.56 Å². The van der Waals surface area contributed by atoms with Gasteiger partial charge in [0.1, 0.15) is 6.04 Å². The number of amides is 2. The molecule has 8 heteroatoms. The van der Waals surface area contributed by atoms with Crippen molar-refractivity contribution in [3.8, 4) is 0 Å². The number of anilines is 1. The third-order valence-electron chi connectivity index (χ3n) is 4.73. The van der Waals surface area contributed by atoms with Crippen LogP contribution in [0.2, 0.25) is 0 Å². The first-order valence-electron chi connectivity index (χ1n) is 8.36. The highest BCUT2D eigenvalue weighted by Gasteiger charge is 2.36. The third-order valence-corrected chi connectivity index (χ3v) is 4.73. The second-order valence-corrected chi connectivity index (χ2v) is 6.48. The Labute approximate surface area is 143 Å². The zero-order valence-electron chi connectivity index (χ0n) is 13.6. The van der Waals surface area contributed by atoms with Crippen molar-refractivity contribution in [2.24, 2.45) is 0 Å². The Bertz CT molecular complexity index is 670. The summed E-state index contributed by atoms with van der Waals surface area (Å²) in [7, 11) is 0. The zero-order chi connectivity index (χ0) is 18.0. The second-order valence-electron chi connectivity index (χ2n) is 6.48. The number of nitrogens with one attached hydrogen (secondary N) is 3. The molecule has 2 saturated heterocycles. The molecule has 0 bridgehead atoms. The number of piperidine rings is 2. The van der Waals surface area contributed by atoms with E-state index in [1.54, 1.807) is 6.07 Å². The normalized spacial score (nSPS) is 22.6. The van der Waals surface area contributed by atoms with E-state index >= 15 is 0 Å². The summed E-state index contributed by atoms with van der Waals surface area (Å²) in [6, 6.07) is 3.43. The van der Waals surface area contributed by atoms with E-state index in [1.165, 1.54) is 12.1 Å². The lowest BCUT2D eigenvalue weighted by Crippen LogP contribution is -2.47. The smallest absolute Gasteiger partial charge is 0.373 e. The number of hydrogen-bond acceptors (Lipinski definition) is 4. The lowest BCUT2D eigenvalue weighted by Gasteiger charge is -2.27. The lowest BCUT2D eigenvalue weighted by molar-refractivity contribution is -0.138. The molecule has 0 aromatic heterocycles. The molecule has 2 amide bonds. The van der Waals surface area contributed by atoms with Gasteiger partial charge >= 0.3 is 6.18 Å². The Hall–Kier alpha value is -2.09. The molecule has 2 aliphatic rings. The van der Waals surface area contributed by atoms with Crippen molar-refractivity contribution in [3.63, 3.8) is 0 Å². The van der Waals surface area contributed by atoms with Gasteiger partial charge in [-0.15, -0.1) is 0 Å². The topological polar surface area (TPSA) is 70.2 Å². The Morgan fingerprint density at radius 1 is 1.08 bits per heavy atom. The van der Waals surface area contributed by atoms with Crippen molar-refractivity contribution in [2.45, 2.75) is 43.8 Å². The first-order valence-corrected chi connectivity index (χ1v) is 8.36. The second kappa shape index (κ2) is 7.03. The minimum Gasteiger partial charge on any atom is -0.373 e. The predicted octanol–water partition coefficient (Wildman–Crippen LogP) is 2.39. The van der Waals surface area contributed by atoms with Gasteiger partial charge in [0.25, 0.3) is 0 Å². The van der Waals surface area contributed by atoms with Crippen LogP contribution in [0.3, 0.4) is 0 Å². The Kier molecular flexibility index (Phi) is 4.99. The van der Waals surface area contributed by atoms with Gasteiger partial charge in [-0.05, 0) is 56.0 Å². The highest BCUT2D eigenvalue weighted by molar-refractivity contribution is 6.01. The molecular formula is C17H20F3N3O2. The van der Waals surface area contributed by atoms with Crippen LogP contribution in [0.15, 0.2) is 18.2 Å². The van der Waals surface area contributed by atoms with Crippen molar-refractivity contribution in [1.82, 2.24) is 10.6 Å². The maximum atomic E-state index is 13.5. The van der Waals surface area contributed by atoms with E-state index in [-0.39, 0.29) is 24.4 Å². The molecule has 0 radical (unpaired) electrons. The summed E-state index contributed by atoms with van der Waals surface area (Å²) in [5.41, 5.74) is -0.226. The molecule has 2 fully saturated rings. The summed E-state index contributed by atoms with van der Waals surface area (Å²) in [6.45, 7) is 1.59. The molecule has 2 aliphatic heterocycles. The molecule has 1 aromatic carbocycles. The zero-order valence-corrected chi connectivity index (χ0v) is 13.6. The summed E-state index contributed by atoms with van der Waals surface area (Å²) in [6.07, 6.45) is -2.63. The molecule has 1 unspecified atom stereocenters. The van der Waals surface area contributed by atoms with Crippen LogP contribution in [0, 0.1) is 0 Å². The van der Waals surface area contributed by atoms with Crippen LogP contribution in [0.25, 0.3) is 0 Å². The van der Waals surface area contributed by atoms with Crippen molar-refractivity contribution in [2.75, 3.05) is 18.4 Å². The molecule has 25 heavy (non-hydrogen) atoms. The number of carbonyl (C=O) groups excluding carboxylic acids is 2. The van der Waals surface area contributed by atoms with Gasteiger partial charge in [-0.1, -0.05) is 6.07 Å². The van der Waals surface area contributed by atoms with Crippen LogP contribution in [0.5, 0.6) is 0 Å². The van der Waals surface area contributed by atoms with Crippen LogP contribution in [0.1, 0.15) is 42.7 Å². The molecule has 1 atom stereocenters. The molecular weight excluding hydrogens is 335 g/mol. The van der Waals surface area contributed by atoms with E-state index in [9.17, 15) is 22.8 Å². The molecule has 0 saturated carbocycles. The van der Waals surface area contributed by atoms with Crippen molar-refractivity contribution >= 4 is 17.5 Å². The number of carbonyl (C=O) groups is 2. The number of benzene rings is 1. The number of halogens is 3. The molecule has 0 aliphatic carbocycles. The fraction of sp³-hybridized carbons (Fsp3) is 0.529. The summed E-state index contributed by atoms with van der Waals surface area (Å²) in [5, 5.41) is 8.00. The van der Waals surface area contributed by atoms with Crippen molar-refractivity contribution in [3.05, 3.63) is 29.3 Å². The van der Waals surface area contributed by atoms with Crippen LogP contribution >= 0.6 is 0 Å². The molecule has 0 spiro atoms. The average molecular weight is 355 g/mol. The van der Waals surface area contributed by atoms with E-state index in [2.05, 4.69) is 16.0 Å². The summed E-state index contributed by atoms with van der Waals surface area (Å²) >= 11 is 0. The van der Waals surface area contributed by atoms with Crippen LogP contribution in [0.4, 0.5) is 18.9 Å². The van der Waals surface area contributed by atoms with Crippen LogP contribution in [-0.4, -0.2) is 30.9 Å². The SMILES string of the molecule is O=C1CCC(Nc2ccc(C3CCNCC3)cc2C(F)(F)F)C(=O)N1. The van der Waals surface area contributed by atoms with Gasteiger partial charge in [0, 0.05) is 12.1 Å². The molecule has 136 valence electrons. The van der Waals surface area contributed by atoms with E-state index in [0.717, 1.165) is 25.9 Å². The highest BCUT2D eigenvalue weighted by atomic mass is 19.4. The molecule has 1 aromatic rings. The predicted molar refractivity (Wildman–Crippen MR) is 86.1 cm³/mol. The maximum Gasteiger partial charge on any atom is 0.418 e. The van der Waals surface area contributed by atoms with Crippen LogP contribution in [-0.2, 0) is 15.8 Å². The highest BCUT2D eigenvalue weighted by Crippen LogP contribution is 2.38. The first kappa shape index (κ1) is 17.7. The molecule has 3 N–H and O–H groups in total. The Morgan fingerprint density at radius 3 is 2.44 bits per heavy atom. The monoisotopic (exact) mass is 355 g/mol. The minimum absolute atomic E-state index is 0.104. The van der Waals surface area contributed by atoms with Gasteiger partial charge < -0.3 is 10.6 Å². The van der Waals surface area contributed by atoms with Gasteiger partial charge in [-0.25, -0.2) is 0 Å². The van der Waals surface area contributed by atoms with Gasteiger partial charge in [-0.2, -0.15) is 13.2 Å². The molecule has 5 nitrogen and oxygen atoms in total. The Morgan fingerprint density at radius 2 is 1.80 bits per heavy atom. The number of rotatable bonds is 3. The number of hydrogen-bond donors (Lipinski definition) is 3. The van der Waals surface area contributed by atoms with Gasteiger partial charge in [-0.3, -0.25) is 14.9 Å². The fourth-order valence-corrected chi connectivity index (χ4v) is 3.35. The van der Waals surface area contributed by atoms with Gasteiger partial charge in [0.15, 0.2) is 0 Å². The van der Waals surface area contributed by atoms with E-state index in [1.807, 2.05) is 0 Å². The summed E-state index contributed by atoms with van der Waals surface area (Å²) in [4.78, 5) is 23.0. The first-order chi connectivity index (χ1) is 11.8. The third kappa shape index (κ3) is 4.12. The fourth-order valence-electron chi connectivity index (χ4n) is 3.35. The van der Waals surface area contributed by atoms with Crippen molar-refractivity contribution < 1.29 is 22.8 Å². The standard InChI is InChI=1S/C17H20F3N3O2/c18-17(19,20)12-9-11(10-5-7-21-8-6-10)1-2-13(12)22-14-3-4-15(24)23-16(14)25/h1-2,9-10,14,21-22H,3-8H2,(H,23,24,25). The minimum atomic E-state index is -4.52. The number of imide groups is 1. The van der Waals surface area contributed by atoms with Gasteiger partial charge in [0.2, 0.25) is 11.8 Å². The average Bonchev–Trinajstić information content (AvgIpc) is 2.57. The van der Waals surface area contributed by atoms with Crippen molar-refractivity contribution in [1.29, 1.82) is 0 Å². The van der Waals surface area contributed by atoms with E-state index < -0.39 is 29.6 Å². The quantitative estimate of drug-likeness (QED) is 0.728. The number of alkyl halides is 3. The van der Waals surface area contributed by atoms with Gasteiger partial charge in [0.05, 0.1) is 5.56 Å². The van der Waals surface area contributed by atoms with E-state index in [4.69, 9.17) is 0 Å². The summed E-state index contributed by atoms with van der Waals surface area (Å²) < 4.78 is 40.5. The molecule has 3 rings (SSSR count). The lowest BCUT2D eigenvalue weighted by atomic mass is 9.88. The Balaban J connectivity index is 1.85. The summed E-state index contributed by atoms with van der Waals surface area (Å²) in [5.74, 6) is -0.890. The van der Waals surface area contributed by atoms with Crippen LogP contribution < -0.4 is 16.0 Å².